The Bertz CT molecular complexity index is 313. The maximum Gasteiger partial charge on any atom is 0.185 e. The smallest absolute Gasteiger partial charge is 0.185 e. The van der Waals surface area contributed by atoms with E-state index in [9.17, 15) is 0 Å². The molecule has 0 saturated carbocycles. The van der Waals surface area contributed by atoms with Crippen LogP contribution in [-0.2, 0) is 0 Å². The third-order valence-corrected chi connectivity index (χ3v) is 4.65. The Hall–Kier alpha value is -0.0900. The first kappa shape index (κ1) is 11.4. The SMILES string of the molecule is Cc1csc(N2CCCCCC2CBr)n1. The van der Waals surface area contributed by atoms with Gasteiger partial charge in [-0.05, 0) is 19.8 Å². The Balaban J connectivity index is 2.16. The van der Waals surface area contributed by atoms with Gasteiger partial charge in [0.2, 0.25) is 0 Å². The van der Waals surface area contributed by atoms with Crippen LogP contribution in [0.3, 0.4) is 0 Å². The minimum Gasteiger partial charge on any atom is -0.344 e. The van der Waals surface area contributed by atoms with Crippen LogP contribution >= 0.6 is 27.3 Å². The summed E-state index contributed by atoms with van der Waals surface area (Å²) < 4.78 is 0. The maximum atomic E-state index is 4.60. The van der Waals surface area contributed by atoms with E-state index in [2.05, 4.69) is 38.1 Å². The summed E-state index contributed by atoms with van der Waals surface area (Å²) in [5.41, 5.74) is 1.15. The van der Waals surface area contributed by atoms with Crippen molar-refractivity contribution in [3.8, 4) is 0 Å². The lowest BCUT2D eigenvalue weighted by atomic mass is 10.1. The number of aromatic nitrogens is 1. The number of rotatable bonds is 2. The Morgan fingerprint density at radius 3 is 3.07 bits per heavy atom. The average molecular weight is 289 g/mol. The van der Waals surface area contributed by atoms with Crippen molar-refractivity contribution in [3.63, 3.8) is 0 Å². The molecule has 4 heteroatoms. The van der Waals surface area contributed by atoms with Crippen molar-refractivity contribution in [2.75, 3.05) is 16.8 Å². The van der Waals surface area contributed by atoms with Gasteiger partial charge in [0.15, 0.2) is 5.13 Å². The fourth-order valence-corrected chi connectivity index (χ4v) is 3.64. The molecule has 0 aliphatic carbocycles. The van der Waals surface area contributed by atoms with Gasteiger partial charge < -0.3 is 4.90 Å². The molecule has 2 rings (SSSR count). The van der Waals surface area contributed by atoms with Crippen molar-refractivity contribution >= 4 is 32.4 Å². The van der Waals surface area contributed by atoms with Gasteiger partial charge in [0.1, 0.15) is 0 Å². The number of hydrogen-bond acceptors (Lipinski definition) is 3. The van der Waals surface area contributed by atoms with Crippen molar-refractivity contribution in [1.29, 1.82) is 0 Å². The average Bonchev–Trinajstić information content (AvgIpc) is 2.54. The van der Waals surface area contributed by atoms with E-state index in [-0.39, 0.29) is 0 Å². The quantitative estimate of drug-likeness (QED) is 0.773. The highest BCUT2D eigenvalue weighted by molar-refractivity contribution is 9.09. The number of alkyl halides is 1. The molecule has 1 aromatic rings. The van der Waals surface area contributed by atoms with Crippen molar-refractivity contribution in [3.05, 3.63) is 11.1 Å². The van der Waals surface area contributed by atoms with Gasteiger partial charge in [-0.3, -0.25) is 0 Å². The lowest BCUT2D eigenvalue weighted by Gasteiger charge is -2.28. The van der Waals surface area contributed by atoms with Gasteiger partial charge >= 0.3 is 0 Å². The molecule has 1 aliphatic heterocycles. The molecule has 1 atom stereocenters. The van der Waals surface area contributed by atoms with Crippen LogP contribution in [0.25, 0.3) is 0 Å². The largest absolute Gasteiger partial charge is 0.344 e. The van der Waals surface area contributed by atoms with Crippen LogP contribution in [-0.4, -0.2) is 22.9 Å². The van der Waals surface area contributed by atoms with Gasteiger partial charge in [0, 0.05) is 23.3 Å². The van der Waals surface area contributed by atoms with Crippen LogP contribution < -0.4 is 4.90 Å². The minimum atomic E-state index is 0.637. The third kappa shape index (κ3) is 2.72. The summed E-state index contributed by atoms with van der Waals surface area (Å²) in [5, 5.41) is 4.41. The van der Waals surface area contributed by atoms with Crippen LogP contribution in [0, 0.1) is 6.92 Å². The Labute approximate surface area is 104 Å². The molecular formula is C11H17BrN2S. The van der Waals surface area contributed by atoms with Crippen molar-refractivity contribution < 1.29 is 0 Å². The van der Waals surface area contributed by atoms with E-state index in [0.29, 0.717) is 6.04 Å². The number of anilines is 1. The highest BCUT2D eigenvalue weighted by Gasteiger charge is 2.22. The van der Waals surface area contributed by atoms with Gasteiger partial charge in [0.25, 0.3) is 0 Å². The summed E-state index contributed by atoms with van der Waals surface area (Å²) in [6.07, 6.45) is 5.33. The third-order valence-electron chi connectivity index (χ3n) is 2.91. The molecule has 2 nitrogen and oxygen atoms in total. The molecule has 15 heavy (non-hydrogen) atoms. The molecule has 1 aromatic heterocycles. The molecule has 0 N–H and O–H groups in total. The monoisotopic (exact) mass is 288 g/mol. The van der Waals surface area contributed by atoms with Crippen LogP contribution in [0.5, 0.6) is 0 Å². The summed E-state index contributed by atoms with van der Waals surface area (Å²) in [4.78, 5) is 7.08. The normalized spacial score (nSPS) is 22.8. The highest BCUT2D eigenvalue weighted by Crippen LogP contribution is 2.27. The van der Waals surface area contributed by atoms with E-state index in [1.165, 1.54) is 37.4 Å². The maximum absolute atomic E-state index is 4.60. The van der Waals surface area contributed by atoms with Gasteiger partial charge in [0.05, 0.1) is 5.69 Å². The summed E-state index contributed by atoms with van der Waals surface area (Å²) >= 11 is 5.40. The lowest BCUT2D eigenvalue weighted by Crippen LogP contribution is -2.36. The predicted octanol–water partition coefficient (Wildman–Crippen LogP) is 3.60. The molecule has 84 valence electrons. The number of hydrogen-bond donors (Lipinski definition) is 0. The van der Waals surface area contributed by atoms with Gasteiger partial charge in [-0.2, -0.15) is 0 Å². The molecule has 0 amide bonds. The summed E-state index contributed by atoms with van der Waals surface area (Å²) in [6, 6.07) is 0.637. The van der Waals surface area contributed by atoms with Crippen LogP contribution in [0.2, 0.25) is 0 Å². The van der Waals surface area contributed by atoms with E-state index in [0.717, 1.165) is 11.0 Å². The molecule has 0 spiro atoms. The highest BCUT2D eigenvalue weighted by atomic mass is 79.9. The van der Waals surface area contributed by atoms with Crippen LogP contribution in [0.15, 0.2) is 5.38 Å². The molecule has 1 saturated heterocycles. The van der Waals surface area contributed by atoms with Crippen LogP contribution in [0.1, 0.15) is 31.4 Å². The Kier molecular flexibility index (Phi) is 4.03. The van der Waals surface area contributed by atoms with E-state index < -0.39 is 0 Å². The molecule has 0 aromatic carbocycles. The van der Waals surface area contributed by atoms with Crippen LogP contribution in [0.4, 0.5) is 5.13 Å². The topological polar surface area (TPSA) is 16.1 Å². The van der Waals surface area contributed by atoms with Crippen molar-refractivity contribution in [2.24, 2.45) is 0 Å². The standard InChI is InChI=1S/C11H17BrN2S/c1-9-8-15-11(13-9)14-6-4-2-3-5-10(14)7-12/h8,10H,2-7H2,1H3. The predicted molar refractivity (Wildman–Crippen MR) is 70.2 cm³/mol. The fraction of sp³-hybridized carbons (Fsp3) is 0.727. The number of thiazole rings is 1. The van der Waals surface area contributed by atoms with Crippen molar-refractivity contribution in [2.45, 2.75) is 38.6 Å². The van der Waals surface area contributed by atoms with E-state index in [4.69, 9.17) is 0 Å². The molecular weight excluding hydrogens is 272 g/mol. The zero-order valence-corrected chi connectivity index (χ0v) is 11.5. The van der Waals surface area contributed by atoms with Gasteiger partial charge in [-0.15, -0.1) is 11.3 Å². The Morgan fingerprint density at radius 2 is 2.40 bits per heavy atom. The second-order valence-electron chi connectivity index (χ2n) is 4.12. The van der Waals surface area contributed by atoms with Gasteiger partial charge in [-0.1, -0.05) is 28.8 Å². The first-order valence-corrected chi connectivity index (χ1v) is 7.56. The second-order valence-corrected chi connectivity index (χ2v) is 5.61. The zero-order chi connectivity index (χ0) is 10.7. The second kappa shape index (κ2) is 5.30. The molecule has 1 fully saturated rings. The van der Waals surface area contributed by atoms with Crippen molar-refractivity contribution in [1.82, 2.24) is 4.98 Å². The summed E-state index contributed by atoms with van der Waals surface area (Å²) in [6.45, 7) is 3.24. The zero-order valence-electron chi connectivity index (χ0n) is 9.08. The molecule has 0 bridgehead atoms. The summed E-state index contributed by atoms with van der Waals surface area (Å²) in [7, 11) is 0. The van der Waals surface area contributed by atoms with E-state index >= 15 is 0 Å². The first-order chi connectivity index (χ1) is 7.31. The van der Waals surface area contributed by atoms with Gasteiger partial charge in [-0.25, -0.2) is 4.98 Å². The molecule has 1 aliphatic rings. The number of nitrogens with zero attached hydrogens (tertiary/aromatic N) is 2. The summed E-state index contributed by atoms with van der Waals surface area (Å²) in [5.74, 6) is 0. The molecule has 1 unspecified atom stereocenters. The Morgan fingerprint density at radius 1 is 1.53 bits per heavy atom. The van der Waals surface area contributed by atoms with E-state index in [1.807, 2.05) is 0 Å². The fourth-order valence-electron chi connectivity index (χ4n) is 2.06. The lowest BCUT2D eigenvalue weighted by molar-refractivity contribution is 0.625. The molecule has 0 radical (unpaired) electrons. The number of halogens is 1. The minimum absolute atomic E-state index is 0.637. The molecule has 2 heterocycles. The first-order valence-electron chi connectivity index (χ1n) is 5.56. The van der Waals surface area contributed by atoms with E-state index in [1.54, 1.807) is 11.3 Å². The number of aryl methyl sites for hydroxylation is 1.